The van der Waals surface area contributed by atoms with E-state index in [2.05, 4.69) is 25.0 Å². The highest BCUT2D eigenvalue weighted by atomic mass is 16.7. The Labute approximate surface area is 126 Å². The van der Waals surface area contributed by atoms with Gasteiger partial charge < -0.3 is 25.2 Å². The number of nitrogens with one attached hydrogen (secondary N) is 1. The van der Waals surface area contributed by atoms with Crippen molar-refractivity contribution in [2.75, 3.05) is 19.8 Å². The number of ether oxygens (including phenoxy) is 3. The average molecular weight is 314 g/mol. The van der Waals surface area contributed by atoms with Gasteiger partial charge in [0, 0.05) is 4.91 Å². The van der Waals surface area contributed by atoms with Crippen LogP contribution in [0.25, 0.3) is 10.4 Å². The van der Waals surface area contributed by atoms with Crippen molar-refractivity contribution >= 4 is 0 Å². The molecule has 2 unspecified atom stereocenters. The molecule has 0 saturated heterocycles. The van der Waals surface area contributed by atoms with Crippen LogP contribution in [0.1, 0.15) is 13.3 Å². The third-order valence-corrected chi connectivity index (χ3v) is 2.14. The molecule has 12 nitrogen and oxygen atoms in total. The van der Waals surface area contributed by atoms with E-state index < -0.39 is 12.5 Å². The lowest BCUT2D eigenvalue weighted by molar-refractivity contribution is -0.0978. The second kappa shape index (κ2) is 10.5. The van der Waals surface area contributed by atoms with Gasteiger partial charge in [0.25, 0.3) is 0 Å². The van der Waals surface area contributed by atoms with Gasteiger partial charge >= 0.3 is 12.0 Å². The molecular formula is C10H18N8O4. The summed E-state index contributed by atoms with van der Waals surface area (Å²) in [5, 5.41) is 11.8. The number of hydrogen-bond donors (Lipinski definition) is 3. The minimum atomic E-state index is -1.06. The summed E-state index contributed by atoms with van der Waals surface area (Å²) in [5.41, 5.74) is 16.0. The van der Waals surface area contributed by atoms with Crippen LogP contribution >= 0.6 is 0 Å². The fraction of sp³-hybridized carbons (Fsp3) is 0.700. The van der Waals surface area contributed by atoms with Crippen molar-refractivity contribution in [2.24, 2.45) is 10.8 Å². The number of hydroxylamine groups is 1. The first-order chi connectivity index (χ1) is 10.7. The van der Waals surface area contributed by atoms with E-state index in [0.717, 1.165) is 6.42 Å². The highest BCUT2D eigenvalue weighted by Gasteiger charge is 2.21. The second-order valence-corrected chi connectivity index (χ2v) is 3.86. The Kier molecular flexibility index (Phi) is 8.49. The standard InChI is InChI=1S/C10H18N8O4/c1-2-4-20-8(7(11)17-18-12)22-10-14-6-13-9(16-10)21-5-3-15-19/h6-8,15,19H,2-5,11H2,1H3. The molecule has 0 amide bonds. The highest BCUT2D eigenvalue weighted by Crippen LogP contribution is 2.11. The van der Waals surface area contributed by atoms with Gasteiger partial charge in [-0.05, 0) is 12.0 Å². The van der Waals surface area contributed by atoms with E-state index in [9.17, 15) is 0 Å². The zero-order valence-electron chi connectivity index (χ0n) is 12.0. The molecule has 0 bridgehead atoms. The Morgan fingerprint density at radius 1 is 1.45 bits per heavy atom. The summed E-state index contributed by atoms with van der Waals surface area (Å²) in [5.74, 6) is 0. The van der Waals surface area contributed by atoms with Gasteiger partial charge in [0.15, 0.2) is 0 Å². The minimum absolute atomic E-state index is 0.00634. The van der Waals surface area contributed by atoms with Crippen LogP contribution in [0.15, 0.2) is 11.4 Å². The predicted octanol–water partition coefficient (Wildman–Crippen LogP) is -0.0442. The third kappa shape index (κ3) is 6.47. The van der Waals surface area contributed by atoms with Crippen LogP contribution in [0.4, 0.5) is 0 Å². The van der Waals surface area contributed by atoms with E-state index in [1.165, 1.54) is 6.33 Å². The van der Waals surface area contributed by atoms with Gasteiger partial charge in [-0.2, -0.15) is 9.97 Å². The molecule has 1 rings (SSSR count). The number of nitrogens with two attached hydrogens (primary N) is 1. The van der Waals surface area contributed by atoms with Crippen molar-refractivity contribution in [3.8, 4) is 12.0 Å². The first kappa shape index (κ1) is 17.8. The summed E-state index contributed by atoms with van der Waals surface area (Å²) in [7, 11) is 0. The average Bonchev–Trinajstić information content (AvgIpc) is 2.52. The van der Waals surface area contributed by atoms with Gasteiger partial charge in [-0.3, -0.25) is 0 Å². The second-order valence-electron chi connectivity index (χ2n) is 3.86. The summed E-state index contributed by atoms with van der Waals surface area (Å²) < 4.78 is 15.8. The fourth-order valence-electron chi connectivity index (χ4n) is 1.24. The maximum Gasteiger partial charge on any atom is 0.324 e. The molecule has 0 fully saturated rings. The van der Waals surface area contributed by atoms with Crippen molar-refractivity contribution in [1.29, 1.82) is 0 Å². The molecule has 0 radical (unpaired) electrons. The summed E-state index contributed by atoms with van der Waals surface area (Å²) >= 11 is 0. The highest BCUT2D eigenvalue weighted by molar-refractivity contribution is 5.00. The molecule has 0 aromatic carbocycles. The summed E-state index contributed by atoms with van der Waals surface area (Å²) in [6.07, 6.45) is -0.191. The zero-order valence-corrected chi connectivity index (χ0v) is 12.0. The number of aromatic nitrogens is 3. The maximum atomic E-state index is 8.43. The maximum absolute atomic E-state index is 8.43. The van der Waals surface area contributed by atoms with Gasteiger partial charge in [-0.1, -0.05) is 12.0 Å². The number of nitrogens with zero attached hydrogens (tertiary/aromatic N) is 6. The first-order valence-electron chi connectivity index (χ1n) is 6.48. The fourth-order valence-corrected chi connectivity index (χ4v) is 1.24. The lowest BCUT2D eigenvalue weighted by Gasteiger charge is -2.20. The topological polar surface area (TPSA) is 173 Å². The van der Waals surface area contributed by atoms with Gasteiger partial charge in [-0.25, -0.2) is 5.48 Å². The van der Waals surface area contributed by atoms with Crippen LogP contribution in [0.3, 0.4) is 0 Å². The van der Waals surface area contributed by atoms with Crippen LogP contribution in [0.2, 0.25) is 0 Å². The Morgan fingerprint density at radius 2 is 2.23 bits per heavy atom. The molecule has 2 atom stereocenters. The quantitative estimate of drug-likeness (QED) is 0.126. The number of hydrogen-bond acceptors (Lipinski definition) is 10. The molecule has 1 heterocycles. The summed E-state index contributed by atoms with van der Waals surface area (Å²) in [6.45, 7) is 2.61. The molecule has 0 aliphatic heterocycles. The van der Waals surface area contributed by atoms with Crippen molar-refractivity contribution in [3.63, 3.8) is 0 Å². The Hall–Kier alpha value is -2.24. The van der Waals surface area contributed by atoms with Crippen molar-refractivity contribution in [2.45, 2.75) is 25.8 Å². The number of azide groups is 1. The van der Waals surface area contributed by atoms with Gasteiger partial charge in [0.05, 0.1) is 13.2 Å². The van der Waals surface area contributed by atoms with E-state index in [-0.39, 0.29) is 25.2 Å². The predicted molar refractivity (Wildman–Crippen MR) is 72.9 cm³/mol. The molecular weight excluding hydrogens is 296 g/mol. The minimum Gasteiger partial charge on any atom is -0.462 e. The van der Waals surface area contributed by atoms with Crippen LogP contribution in [0, 0.1) is 0 Å². The summed E-state index contributed by atoms with van der Waals surface area (Å²) in [4.78, 5) is 14.1. The molecule has 1 aromatic rings. The van der Waals surface area contributed by atoms with Crippen LogP contribution in [-0.4, -0.2) is 52.4 Å². The van der Waals surface area contributed by atoms with Gasteiger partial charge in [-0.15, -0.1) is 4.98 Å². The lowest BCUT2D eigenvalue weighted by atomic mass is 10.5. The van der Waals surface area contributed by atoms with E-state index in [4.69, 9.17) is 30.7 Å². The van der Waals surface area contributed by atoms with E-state index in [0.29, 0.717) is 6.61 Å². The van der Waals surface area contributed by atoms with Crippen molar-refractivity contribution in [3.05, 3.63) is 16.8 Å². The smallest absolute Gasteiger partial charge is 0.324 e. The van der Waals surface area contributed by atoms with E-state index in [1.54, 1.807) is 0 Å². The van der Waals surface area contributed by atoms with Crippen LogP contribution in [0.5, 0.6) is 12.0 Å². The lowest BCUT2D eigenvalue weighted by Crippen LogP contribution is -2.40. The summed E-state index contributed by atoms with van der Waals surface area (Å²) in [6, 6.07) is -0.0847. The normalized spacial score (nSPS) is 13.0. The Morgan fingerprint density at radius 3 is 2.91 bits per heavy atom. The van der Waals surface area contributed by atoms with E-state index >= 15 is 0 Å². The van der Waals surface area contributed by atoms with E-state index in [1.807, 2.05) is 12.4 Å². The molecule has 4 N–H and O–H groups in total. The van der Waals surface area contributed by atoms with Gasteiger partial charge in [0.2, 0.25) is 6.29 Å². The SMILES string of the molecule is CCCOC(Oc1ncnc(OCCNO)n1)C(N)N=[N+]=[N-]. The Balaban J connectivity index is 2.70. The van der Waals surface area contributed by atoms with Crippen molar-refractivity contribution in [1.82, 2.24) is 20.4 Å². The number of rotatable bonds is 11. The molecule has 22 heavy (non-hydrogen) atoms. The Bertz CT molecular complexity index is 484. The molecule has 12 heteroatoms. The van der Waals surface area contributed by atoms with Gasteiger partial charge in [0.1, 0.15) is 19.1 Å². The monoisotopic (exact) mass is 314 g/mol. The van der Waals surface area contributed by atoms with Crippen molar-refractivity contribution < 1.29 is 19.4 Å². The molecule has 0 spiro atoms. The first-order valence-corrected chi connectivity index (χ1v) is 6.48. The molecule has 0 saturated carbocycles. The zero-order chi connectivity index (χ0) is 16.2. The van der Waals surface area contributed by atoms with Crippen LogP contribution in [-0.2, 0) is 4.74 Å². The largest absolute Gasteiger partial charge is 0.462 e. The third-order valence-electron chi connectivity index (χ3n) is 2.14. The van der Waals surface area contributed by atoms with Crippen LogP contribution < -0.4 is 20.7 Å². The molecule has 0 aliphatic rings. The molecule has 0 aliphatic carbocycles. The molecule has 1 aromatic heterocycles. The molecule has 122 valence electrons.